The Morgan fingerprint density at radius 2 is 1.95 bits per heavy atom. The van der Waals surface area contributed by atoms with Gasteiger partial charge in [0.05, 0.1) is 0 Å². The monoisotopic (exact) mass is 265 g/mol. The van der Waals surface area contributed by atoms with E-state index in [4.69, 9.17) is 0 Å². The molecule has 1 aliphatic heterocycles. The summed E-state index contributed by atoms with van der Waals surface area (Å²) in [5.41, 5.74) is 1.04. The van der Waals surface area contributed by atoms with Gasteiger partial charge in [0.25, 0.3) is 0 Å². The number of nitrogens with zero attached hydrogens (tertiary/aromatic N) is 1. The van der Waals surface area contributed by atoms with Crippen molar-refractivity contribution in [1.82, 2.24) is 4.90 Å². The molecular weight excluding hydrogens is 241 g/mol. The van der Waals surface area contributed by atoms with E-state index in [-0.39, 0.29) is 11.2 Å². The SMILES string of the molecule is CC(C)(C)CC1CCCN1C(O)c1ccc(F)cc1. The predicted octanol–water partition coefficient (Wildman–Crippen LogP) is 3.72. The molecule has 1 aromatic carbocycles. The lowest BCUT2D eigenvalue weighted by Gasteiger charge is -2.33. The van der Waals surface area contributed by atoms with Crippen molar-refractivity contribution in [2.45, 2.75) is 52.3 Å². The maximum Gasteiger partial charge on any atom is 0.133 e. The van der Waals surface area contributed by atoms with E-state index in [9.17, 15) is 9.50 Å². The van der Waals surface area contributed by atoms with Gasteiger partial charge in [-0.3, -0.25) is 4.90 Å². The Labute approximate surface area is 115 Å². The van der Waals surface area contributed by atoms with Gasteiger partial charge in [-0.15, -0.1) is 0 Å². The fourth-order valence-electron chi connectivity index (χ4n) is 2.93. The molecule has 1 aromatic rings. The van der Waals surface area contributed by atoms with Gasteiger partial charge >= 0.3 is 0 Å². The van der Waals surface area contributed by atoms with E-state index in [2.05, 4.69) is 25.7 Å². The molecule has 0 aliphatic carbocycles. The molecule has 1 heterocycles. The fraction of sp³-hybridized carbons (Fsp3) is 0.625. The zero-order chi connectivity index (χ0) is 14.0. The molecule has 1 N–H and O–H groups in total. The van der Waals surface area contributed by atoms with Crippen molar-refractivity contribution in [3.05, 3.63) is 35.6 Å². The first-order valence-electron chi connectivity index (χ1n) is 7.06. The van der Waals surface area contributed by atoms with E-state index in [1.54, 1.807) is 12.1 Å². The van der Waals surface area contributed by atoms with Crippen molar-refractivity contribution >= 4 is 0 Å². The molecule has 3 heteroatoms. The van der Waals surface area contributed by atoms with E-state index in [0.29, 0.717) is 6.04 Å². The Morgan fingerprint density at radius 1 is 1.32 bits per heavy atom. The second kappa shape index (κ2) is 5.59. The summed E-state index contributed by atoms with van der Waals surface area (Å²) in [6.07, 6.45) is 2.72. The lowest BCUT2D eigenvalue weighted by atomic mass is 9.87. The van der Waals surface area contributed by atoms with Gasteiger partial charge in [-0.1, -0.05) is 32.9 Å². The van der Waals surface area contributed by atoms with Crippen LogP contribution in [0.5, 0.6) is 0 Å². The fourth-order valence-corrected chi connectivity index (χ4v) is 2.93. The summed E-state index contributed by atoms with van der Waals surface area (Å²) >= 11 is 0. The van der Waals surface area contributed by atoms with Gasteiger partial charge in [-0.05, 0) is 42.4 Å². The Morgan fingerprint density at radius 3 is 2.53 bits per heavy atom. The highest BCUT2D eigenvalue weighted by Gasteiger charge is 2.32. The van der Waals surface area contributed by atoms with Crippen LogP contribution in [0, 0.1) is 11.2 Å². The molecule has 0 saturated carbocycles. The Balaban J connectivity index is 2.09. The molecule has 0 spiro atoms. The molecule has 2 nitrogen and oxygen atoms in total. The number of benzene rings is 1. The summed E-state index contributed by atoms with van der Waals surface area (Å²) in [6, 6.07) is 6.58. The minimum absolute atomic E-state index is 0.260. The van der Waals surface area contributed by atoms with Crippen molar-refractivity contribution in [3.63, 3.8) is 0 Å². The second-order valence-corrected chi connectivity index (χ2v) is 6.72. The average Bonchev–Trinajstić information content (AvgIpc) is 2.75. The largest absolute Gasteiger partial charge is 0.374 e. The molecule has 0 aromatic heterocycles. The Kier molecular flexibility index (Phi) is 4.26. The summed E-state index contributed by atoms with van der Waals surface area (Å²) in [4.78, 5) is 2.15. The molecule has 1 saturated heterocycles. The van der Waals surface area contributed by atoms with E-state index in [1.165, 1.54) is 12.1 Å². The average molecular weight is 265 g/mol. The first-order valence-corrected chi connectivity index (χ1v) is 7.06. The molecule has 0 bridgehead atoms. The number of hydrogen-bond acceptors (Lipinski definition) is 2. The smallest absolute Gasteiger partial charge is 0.133 e. The van der Waals surface area contributed by atoms with Crippen LogP contribution in [0.15, 0.2) is 24.3 Å². The van der Waals surface area contributed by atoms with E-state index in [0.717, 1.165) is 31.4 Å². The van der Waals surface area contributed by atoms with Crippen LogP contribution in [-0.4, -0.2) is 22.6 Å². The van der Waals surface area contributed by atoms with Gasteiger partial charge < -0.3 is 5.11 Å². The molecule has 0 radical (unpaired) electrons. The van der Waals surface area contributed by atoms with Crippen molar-refractivity contribution in [1.29, 1.82) is 0 Å². The van der Waals surface area contributed by atoms with Crippen LogP contribution in [0.1, 0.15) is 51.8 Å². The number of rotatable bonds is 3. The summed E-state index contributed by atoms with van der Waals surface area (Å²) in [6.45, 7) is 7.61. The number of aliphatic hydroxyl groups excluding tert-OH is 1. The maximum atomic E-state index is 12.9. The molecule has 19 heavy (non-hydrogen) atoms. The summed E-state index contributed by atoms with van der Waals surface area (Å²) < 4.78 is 12.9. The molecule has 1 fully saturated rings. The third-order valence-corrected chi connectivity index (χ3v) is 3.75. The molecule has 0 amide bonds. The number of aliphatic hydroxyl groups is 1. The zero-order valence-corrected chi connectivity index (χ0v) is 12.1. The zero-order valence-electron chi connectivity index (χ0n) is 12.1. The van der Waals surface area contributed by atoms with Crippen LogP contribution in [0.4, 0.5) is 4.39 Å². The van der Waals surface area contributed by atoms with Gasteiger partial charge in [0, 0.05) is 12.6 Å². The van der Waals surface area contributed by atoms with E-state index >= 15 is 0 Å². The minimum atomic E-state index is -0.615. The lowest BCUT2D eigenvalue weighted by Crippen LogP contribution is -2.35. The van der Waals surface area contributed by atoms with Crippen molar-refractivity contribution in [3.8, 4) is 0 Å². The van der Waals surface area contributed by atoms with Crippen molar-refractivity contribution < 1.29 is 9.50 Å². The maximum absolute atomic E-state index is 12.9. The minimum Gasteiger partial charge on any atom is -0.374 e. The predicted molar refractivity (Wildman–Crippen MR) is 75.2 cm³/mol. The molecule has 106 valence electrons. The first-order chi connectivity index (χ1) is 8.87. The summed E-state index contributed by atoms with van der Waals surface area (Å²) in [7, 11) is 0. The Bertz CT molecular complexity index is 410. The van der Waals surface area contributed by atoms with Crippen LogP contribution in [0.25, 0.3) is 0 Å². The number of hydrogen-bond donors (Lipinski definition) is 1. The van der Waals surface area contributed by atoms with E-state index in [1.807, 2.05) is 0 Å². The lowest BCUT2D eigenvalue weighted by molar-refractivity contribution is -0.0160. The molecule has 2 unspecified atom stereocenters. The van der Waals surface area contributed by atoms with Crippen LogP contribution in [0.3, 0.4) is 0 Å². The van der Waals surface area contributed by atoms with Crippen LogP contribution < -0.4 is 0 Å². The highest BCUT2D eigenvalue weighted by Crippen LogP contribution is 2.34. The second-order valence-electron chi connectivity index (χ2n) is 6.72. The summed E-state index contributed by atoms with van der Waals surface area (Å²) in [5, 5.41) is 10.5. The van der Waals surface area contributed by atoms with E-state index < -0.39 is 6.23 Å². The highest BCUT2D eigenvalue weighted by atomic mass is 19.1. The van der Waals surface area contributed by atoms with Gasteiger partial charge in [-0.25, -0.2) is 4.39 Å². The number of halogens is 1. The molecule has 2 rings (SSSR count). The van der Waals surface area contributed by atoms with Gasteiger partial charge in [0.1, 0.15) is 12.0 Å². The highest BCUT2D eigenvalue weighted by molar-refractivity contribution is 5.18. The van der Waals surface area contributed by atoms with Crippen LogP contribution in [-0.2, 0) is 0 Å². The van der Waals surface area contributed by atoms with Crippen molar-refractivity contribution in [2.75, 3.05) is 6.54 Å². The van der Waals surface area contributed by atoms with Crippen molar-refractivity contribution in [2.24, 2.45) is 5.41 Å². The molecule has 2 atom stereocenters. The van der Waals surface area contributed by atoms with Gasteiger partial charge in [0.15, 0.2) is 0 Å². The molecular formula is C16H24FNO. The first kappa shape index (κ1) is 14.5. The van der Waals surface area contributed by atoms with Crippen LogP contribution in [0.2, 0.25) is 0 Å². The standard InChI is InChI=1S/C16H24FNO/c1-16(2,3)11-14-5-4-10-18(14)15(19)12-6-8-13(17)9-7-12/h6-9,14-15,19H,4-5,10-11H2,1-3H3. The van der Waals surface area contributed by atoms with Gasteiger partial charge in [0.2, 0.25) is 0 Å². The normalized spacial score (nSPS) is 22.7. The van der Waals surface area contributed by atoms with Gasteiger partial charge in [-0.2, -0.15) is 0 Å². The third-order valence-electron chi connectivity index (χ3n) is 3.75. The Hall–Kier alpha value is -0.930. The number of likely N-dealkylation sites (tertiary alicyclic amines) is 1. The summed E-state index contributed by atoms with van der Waals surface area (Å²) in [5.74, 6) is -0.261. The topological polar surface area (TPSA) is 23.5 Å². The third kappa shape index (κ3) is 3.77. The quantitative estimate of drug-likeness (QED) is 0.900. The van der Waals surface area contributed by atoms with Crippen LogP contribution >= 0.6 is 0 Å². The molecule has 1 aliphatic rings.